The predicted molar refractivity (Wildman–Crippen MR) is 66.7 cm³/mol. The molecule has 1 atom stereocenters. The monoisotopic (exact) mass is 255 g/mol. The molecule has 1 heterocycles. The van der Waals surface area contributed by atoms with E-state index in [1.165, 1.54) is 6.07 Å². The Morgan fingerprint density at radius 2 is 2.00 bits per heavy atom. The van der Waals surface area contributed by atoms with Crippen LogP contribution in [-0.2, 0) is 17.3 Å². The van der Waals surface area contributed by atoms with Crippen LogP contribution in [0.1, 0.15) is 43.5 Å². The molecule has 18 heavy (non-hydrogen) atoms. The van der Waals surface area contributed by atoms with E-state index < -0.39 is 12.5 Å². The Morgan fingerprint density at radius 3 is 2.67 bits per heavy atom. The summed E-state index contributed by atoms with van der Waals surface area (Å²) in [5.74, 6) is -2.87. The van der Waals surface area contributed by atoms with Crippen molar-refractivity contribution in [1.29, 1.82) is 0 Å². The standard InChI is InChI=1S/C14H19F2NO/c1-9(2)17-10(3)11-5-4-6-13-12(11)7-18-8-14(13,15)16/h4-6,9-10,17H,7-8H2,1-3H3/t10-/m1/s1. The molecule has 1 N–H and O–H groups in total. The van der Waals surface area contributed by atoms with E-state index in [0.29, 0.717) is 11.6 Å². The molecule has 1 aromatic carbocycles. The number of rotatable bonds is 3. The molecule has 0 bridgehead atoms. The molecule has 0 fully saturated rings. The predicted octanol–water partition coefficient (Wildman–Crippen LogP) is 3.37. The van der Waals surface area contributed by atoms with Crippen LogP contribution < -0.4 is 5.32 Å². The lowest BCUT2D eigenvalue weighted by atomic mass is 9.92. The van der Waals surface area contributed by atoms with Gasteiger partial charge in [0.25, 0.3) is 5.92 Å². The van der Waals surface area contributed by atoms with E-state index in [1.807, 2.05) is 26.8 Å². The lowest BCUT2D eigenvalue weighted by Crippen LogP contribution is -2.31. The first-order valence-electron chi connectivity index (χ1n) is 6.25. The number of hydrogen-bond acceptors (Lipinski definition) is 2. The van der Waals surface area contributed by atoms with Gasteiger partial charge in [0.15, 0.2) is 0 Å². The molecule has 100 valence electrons. The molecule has 0 aromatic heterocycles. The minimum absolute atomic E-state index is 0.0393. The van der Waals surface area contributed by atoms with E-state index in [1.54, 1.807) is 6.07 Å². The molecule has 2 nitrogen and oxygen atoms in total. The first kappa shape index (κ1) is 13.4. The van der Waals surface area contributed by atoms with Gasteiger partial charge in [0.2, 0.25) is 0 Å². The van der Waals surface area contributed by atoms with Gasteiger partial charge >= 0.3 is 0 Å². The Kier molecular flexibility index (Phi) is 3.69. The van der Waals surface area contributed by atoms with Crippen molar-refractivity contribution < 1.29 is 13.5 Å². The van der Waals surface area contributed by atoms with Gasteiger partial charge in [-0.2, -0.15) is 8.78 Å². The molecular formula is C14H19F2NO. The second kappa shape index (κ2) is 4.94. The number of fused-ring (bicyclic) bond motifs is 1. The van der Waals surface area contributed by atoms with Crippen LogP contribution in [0.3, 0.4) is 0 Å². The van der Waals surface area contributed by atoms with Crippen molar-refractivity contribution in [1.82, 2.24) is 5.32 Å². The normalized spacial score (nSPS) is 19.7. The summed E-state index contributed by atoms with van der Waals surface area (Å²) in [4.78, 5) is 0. The fourth-order valence-electron chi connectivity index (χ4n) is 2.46. The number of ether oxygens (including phenoxy) is 1. The van der Waals surface area contributed by atoms with E-state index in [4.69, 9.17) is 4.74 Å². The van der Waals surface area contributed by atoms with Gasteiger partial charge in [-0.25, -0.2) is 0 Å². The summed E-state index contributed by atoms with van der Waals surface area (Å²) < 4.78 is 32.5. The Morgan fingerprint density at radius 1 is 1.28 bits per heavy atom. The summed E-state index contributed by atoms with van der Waals surface area (Å²) in [7, 11) is 0. The maximum absolute atomic E-state index is 13.8. The zero-order valence-electron chi connectivity index (χ0n) is 11.0. The third-order valence-corrected chi connectivity index (χ3v) is 3.19. The summed E-state index contributed by atoms with van der Waals surface area (Å²) in [6, 6.07) is 5.44. The first-order chi connectivity index (χ1) is 8.42. The van der Waals surface area contributed by atoms with Crippen LogP contribution in [0.5, 0.6) is 0 Å². The van der Waals surface area contributed by atoms with Gasteiger partial charge in [0.05, 0.1) is 6.61 Å². The van der Waals surface area contributed by atoms with Gasteiger partial charge in [0, 0.05) is 17.6 Å². The highest BCUT2D eigenvalue weighted by molar-refractivity contribution is 5.40. The quantitative estimate of drug-likeness (QED) is 0.894. The minimum Gasteiger partial charge on any atom is -0.370 e. The molecule has 0 saturated heterocycles. The number of alkyl halides is 2. The molecule has 1 aliphatic heterocycles. The van der Waals surface area contributed by atoms with Crippen LogP contribution in [0.25, 0.3) is 0 Å². The molecule has 4 heteroatoms. The van der Waals surface area contributed by atoms with Crippen LogP contribution >= 0.6 is 0 Å². The highest BCUT2D eigenvalue weighted by Crippen LogP contribution is 2.38. The number of halogens is 2. The van der Waals surface area contributed by atoms with E-state index in [-0.39, 0.29) is 18.2 Å². The van der Waals surface area contributed by atoms with Crippen molar-refractivity contribution in [2.75, 3.05) is 6.61 Å². The van der Waals surface area contributed by atoms with Gasteiger partial charge in [-0.15, -0.1) is 0 Å². The van der Waals surface area contributed by atoms with Crippen molar-refractivity contribution in [3.63, 3.8) is 0 Å². The number of nitrogens with one attached hydrogen (secondary N) is 1. The highest BCUT2D eigenvalue weighted by atomic mass is 19.3. The molecule has 0 amide bonds. The summed E-state index contributed by atoms with van der Waals surface area (Å²) in [5.41, 5.74) is 1.65. The number of hydrogen-bond donors (Lipinski definition) is 1. The SMILES string of the molecule is CC(C)N[C@H](C)c1cccc2c1COCC2(F)F. The van der Waals surface area contributed by atoms with E-state index in [9.17, 15) is 8.78 Å². The van der Waals surface area contributed by atoms with E-state index in [0.717, 1.165) is 5.56 Å². The number of benzene rings is 1. The van der Waals surface area contributed by atoms with Crippen LogP contribution in [0.15, 0.2) is 18.2 Å². The lowest BCUT2D eigenvalue weighted by molar-refractivity contribution is -0.103. The molecule has 1 aliphatic rings. The maximum Gasteiger partial charge on any atom is 0.296 e. The Hall–Kier alpha value is -1.00. The molecule has 0 aliphatic carbocycles. The molecule has 0 unspecified atom stereocenters. The Labute approximate surface area is 106 Å². The topological polar surface area (TPSA) is 21.3 Å². The minimum atomic E-state index is -2.87. The van der Waals surface area contributed by atoms with Gasteiger partial charge in [0.1, 0.15) is 6.61 Å². The highest BCUT2D eigenvalue weighted by Gasteiger charge is 2.38. The van der Waals surface area contributed by atoms with Crippen LogP contribution in [0.2, 0.25) is 0 Å². The summed E-state index contributed by atoms with van der Waals surface area (Å²) >= 11 is 0. The lowest BCUT2D eigenvalue weighted by Gasteiger charge is -2.29. The van der Waals surface area contributed by atoms with E-state index in [2.05, 4.69) is 5.32 Å². The average Bonchev–Trinajstić information content (AvgIpc) is 2.27. The summed E-state index contributed by atoms with van der Waals surface area (Å²) in [6.07, 6.45) is 0. The largest absolute Gasteiger partial charge is 0.370 e. The molecule has 2 rings (SSSR count). The van der Waals surface area contributed by atoms with Gasteiger partial charge < -0.3 is 10.1 Å². The van der Waals surface area contributed by atoms with Crippen LogP contribution in [0, 0.1) is 0 Å². The van der Waals surface area contributed by atoms with Crippen LogP contribution in [-0.4, -0.2) is 12.6 Å². The summed E-state index contributed by atoms with van der Waals surface area (Å²) in [5, 5.41) is 3.34. The van der Waals surface area contributed by atoms with E-state index >= 15 is 0 Å². The third kappa shape index (κ3) is 2.54. The van der Waals surface area contributed by atoms with Crippen LogP contribution in [0.4, 0.5) is 8.78 Å². The maximum atomic E-state index is 13.8. The van der Waals surface area contributed by atoms with Crippen molar-refractivity contribution in [2.24, 2.45) is 0 Å². The molecule has 0 spiro atoms. The fraction of sp³-hybridized carbons (Fsp3) is 0.571. The Bertz CT molecular complexity index is 432. The smallest absolute Gasteiger partial charge is 0.296 e. The van der Waals surface area contributed by atoms with Crippen molar-refractivity contribution in [3.8, 4) is 0 Å². The molecule has 1 aromatic rings. The van der Waals surface area contributed by atoms with Crippen molar-refractivity contribution in [2.45, 2.75) is 45.4 Å². The van der Waals surface area contributed by atoms with Crippen molar-refractivity contribution in [3.05, 3.63) is 34.9 Å². The van der Waals surface area contributed by atoms with Crippen molar-refractivity contribution >= 4 is 0 Å². The zero-order valence-corrected chi connectivity index (χ0v) is 11.0. The van der Waals surface area contributed by atoms with Gasteiger partial charge in [-0.05, 0) is 18.1 Å². The first-order valence-corrected chi connectivity index (χ1v) is 6.25. The second-order valence-electron chi connectivity index (χ2n) is 5.11. The fourth-order valence-corrected chi connectivity index (χ4v) is 2.46. The zero-order chi connectivity index (χ0) is 13.3. The summed E-state index contributed by atoms with van der Waals surface area (Å²) in [6.45, 7) is 5.82. The molecule has 0 saturated carbocycles. The molecule has 0 radical (unpaired) electrons. The third-order valence-electron chi connectivity index (χ3n) is 3.19. The second-order valence-corrected chi connectivity index (χ2v) is 5.11. The van der Waals surface area contributed by atoms with Gasteiger partial charge in [-0.1, -0.05) is 32.0 Å². The average molecular weight is 255 g/mol. The van der Waals surface area contributed by atoms with Gasteiger partial charge in [-0.3, -0.25) is 0 Å². The Balaban J connectivity index is 2.39. The molecular weight excluding hydrogens is 236 g/mol.